The smallest absolute Gasteiger partial charge is 0.294 e. The molecule has 0 bridgehead atoms. The number of anilines is 1. The molecule has 2 amide bonds. The van der Waals surface area contributed by atoms with Crippen LogP contribution in [0.15, 0.2) is 77.5 Å². The number of furan rings is 1. The molecule has 4 rings (SSSR count). The van der Waals surface area contributed by atoms with Crippen molar-refractivity contribution in [3.63, 3.8) is 0 Å². The summed E-state index contributed by atoms with van der Waals surface area (Å²) in [6.45, 7) is 0.241. The van der Waals surface area contributed by atoms with Gasteiger partial charge < -0.3 is 14.6 Å². The second-order valence-corrected chi connectivity index (χ2v) is 6.20. The third kappa shape index (κ3) is 3.25. The van der Waals surface area contributed by atoms with Gasteiger partial charge in [0.1, 0.15) is 5.76 Å². The number of para-hydroxylation sites is 1. The number of benzene rings is 1. The lowest BCUT2D eigenvalue weighted by molar-refractivity contribution is 0.0945. The van der Waals surface area contributed by atoms with E-state index in [1.807, 2.05) is 30.3 Å². The van der Waals surface area contributed by atoms with Gasteiger partial charge in [0.2, 0.25) is 5.82 Å². The molecule has 0 unspecified atom stereocenters. The minimum atomic E-state index is -0.374. The topological polar surface area (TPSA) is 79.8 Å². The molecule has 0 spiro atoms. The summed E-state index contributed by atoms with van der Waals surface area (Å²) in [4.78, 5) is 31.6. The molecular weight excluding hydrogens is 356 g/mol. The lowest BCUT2D eigenvalue weighted by atomic mass is 10.3. The van der Waals surface area contributed by atoms with E-state index < -0.39 is 0 Å². The van der Waals surface area contributed by atoms with Gasteiger partial charge in [-0.3, -0.25) is 14.0 Å². The van der Waals surface area contributed by atoms with Crippen LogP contribution in [0.2, 0.25) is 0 Å². The van der Waals surface area contributed by atoms with Crippen LogP contribution >= 0.6 is 0 Å². The third-order valence-corrected chi connectivity index (χ3v) is 4.41. The number of amides is 2. The van der Waals surface area contributed by atoms with Crippen LogP contribution < -0.4 is 10.2 Å². The minimum absolute atomic E-state index is 0.171. The molecule has 4 aromatic rings. The first-order valence-corrected chi connectivity index (χ1v) is 8.76. The Hall–Kier alpha value is -3.87. The molecule has 28 heavy (non-hydrogen) atoms. The summed E-state index contributed by atoms with van der Waals surface area (Å²) in [5.41, 5.74) is 1.49. The molecule has 0 aliphatic carbocycles. The number of fused-ring (bicyclic) bond motifs is 1. The normalized spacial score (nSPS) is 10.8. The maximum atomic E-state index is 13.0. The summed E-state index contributed by atoms with van der Waals surface area (Å²) in [6, 6.07) is 18.2. The monoisotopic (exact) mass is 374 g/mol. The van der Waals surface area contributed by atoms with Crippen LogP contribution in [0.3, 0.4) is 0 Å². The van der Waals surface area contributed by atoms with Crippen LogP contribution in [0.4, 0.5) is 5.69 Å². The van der Waals surface area contributed by atoms with Gasteiger partial charge in [-0.25, -0.2) is 4.98 Å². The van der Waals surface area contributed by atoms with Crippen molar-refractivity contribution in [2.24, 2.45) is 0 Å². The Morgan fingerprint density at radius 2 is 1.86 bits per heavy atom. The van der Waals surface area contributed by atoms with Gasteiger partial charge in [0.05, 0.1) is 18.3 Å². The van der Waals surface area contributed by atoms with Crippen molar-refractivity contribution in [2.75, 3.05) is 11.9 Å². The van der Waals surface area contributed by atoms with Crippen molar-refractivity contribution in [3.8, 4) is 0 Å². The number of rotatable bonds is 5. The van der Waals surface area contributed by atoms with E-state index in [-0.39, 0.29) is 29.9 Å². The van der Waals surface area contributed by atoms with E-state index >= 15 is 0 Å². The Bertz CT molecular complexity index is 1120. The number of carbonyl (C=O) groups is 2. The maximum Gasteiger partial charge on any atom is 0.294 e. The highest BCUT2D eigenvalue weighted by Crippen LogP contribution is 2.18. The van der Waals surface area contributed by atoms with Crippen molar-refractivity contribution in [1.82, 2.24) is 14.7 Å². The average molecular weight is 374 g/mol. The van der Waals surface area contributed by atoms with Gasteiger partial charge in [0.25, 0.3) is 11.8 Å². The zero-order valence-corrected chi connectivity index (χ0v) is 15.2. The first kappa shape index (κ1) is 17.5. The van der Waals surface area contributed by atoms with Crippen molar-refractivity contribution < 1.29 is 14.0 Å². The highest BCUT2D eigenvalue weighted by Gasteiger charge is 2.24. The maximum absolute atomic E-state index is 13.0. The number of pyridine rings is 1. The van der Waals surface area contributed by atoms with Gasteiger partial charge in [0.15, 0.2) is 5.69 Å². The van der Waals surface area contributed by atoms with E-state index in [4.69, 9.17) is 4.42 Å². The van der Waals surface area contributed by atoms with Crippen molar-refractivity contribution in [1.29, 1.82) is 0 Å². The zero-order chi connectivity index (χ0) is 19.5. The van der Waals surface area contributed by atoms with Crippen LogP contribution in [0.25, 0.3) is 5.52 Å². The number of nitrogens with zero attached hydrogens (tertiary/aromatic N) is 3. The molecule has 3 heterocycles. The standard InChI is InChI=1S/C21H18N4O3/c1-24(15-8-3-2-4-9-15)21(27)19-23-18(17-11-5-6-12-25(17)19)20(26)22-14-16-10-7-13-28-16/h2-13H,14H2,1H3,(H,22,26). The highest BCUT2D eigenvalue weighted by molar-refractivity contribution is 6.07. The molecular formula is C21H18N4O3. The average Bonchev–Trinajstić information content (AvgIpc) is 3.39. The third-order valence-electron chi connectivity index (χ3n) is 4.41. The fraction of sp³-hybridized carbons (Fsp3) is 0.0952. The van der Waals surface area contributed by atoms with E-state index in [1.165, 1.54) is 4.90 Å². The summed E-state index contributed by atoms with van der Waals surface area (Å²) in [5, 5.41) is 2.77. The lowest BCUT2D eigenvalue weighted by Crippen LogP contribution is -2.28. The lowest BCUT2D eigenvalue weighted by Gasteiger charge is -2.16. The van der Waals surface area contributed by atoms with Crippen LogP contribution in [0.1, 0.15) is 26.9 Å². The fourth-order valence-electron chi connectivity index (χ4n) is 2.94. The number of hydrogen-bond donors (Lipinski definition) is 1. The van der Waals surface area contributed by atoms with Crippen LogP contribution in [0.5, 0.6) is 0 Å². The Labute approximate surface area is 161 Å². The van der Waals surface area contributed by atoms with E-state index in [0.29, 0.717) is 11.3 Å². The summed E-state index contributed by atoms with van der Waals surface area (Å²) in [7, 11) is 1.68. The van der Waals surface area contributed by atoms with Gasteiger partial charge in [-0.1, -0.05) is 24.3 Å². The van der Waals surface area contributed by atoms with Crippen molar-refractivity contribution >= 4 is 23.0 Å². The Morgan fingerprint density at radius 3 is 2.61 bits per heavy atom. The number of nitrogens with one attached hydrogen (secondary N) is 1. The van der Waals surface area contributed by atoms with Crippen LogP contribution in [-0.4, -0.2) is 28.2 Å². The summed E-state index contributed by atoms with van der Waals surface area (Å²) in [5.74, 6) is 0.126. The number of carbonyl (C=O) groups excluding carboxylic acids is 2. The van der Waals surface area contributed by atoms with Gasteiger partial charge in [0, 0.05) is 18.9 Å². The van der Waals surface area contributed by atoms with E-state index in [2.05, 4.69) is 10.3 Å². The minimum Gasteiger partial charge on any atom is -0.467 e. The van der Waals surface area contributed by atoms with Gasteiger partial charge in [-0.15, -0.1) is 0 Å². The van der Waals surface area contributed by atoms with E-state index in [0.717, 1.165) is 5.69 Å². The quantitative estimate of drug-likeness (QED) is 0.582. The molecule has 0 aliphatic rings. The molecule has 1 N–H and O–H groups in total. The fourth-order valence-corrected chi connectivity index (χ4v) is 2.94. The number of hydrogen-bond acceptors (Lipinski definition) is 4. The van der Waals surface area contributed by atoms with Crippen molar-refractivity contribution in [3.05, 3.63) is 90.4 Å². The zero-order valence-electron chi connectivity index (χ0n) is 15.2. The molecule has 3 aromatic heterocycles. The van der Waals surface area contributed by atoms with E-state index in [9.17, 15) is 9.59 Å². The molecule has 0 saturated heterocycles. The predicted molar refractivity (Wildman–Crippen MR) is 104 cm³/mol. The van der Waals surface area contributed by atoms with Gasteiger partial charge in [-0.2, -0.15) is 0 Å². The van der Waals surface area contributed by atoms with Crippen LogP contribution in [0, 0.1) is 0 Å². The van der Waals surface area contributed by atoms with Crippen molar-refractivity contribution in [2.45, 2.75) is 6.54 Å². The molecule has 7 nitrogen and oxygen atoms in total. The molecule has 0 aliphatic heterocycles. The number of imidazole rings is 1. The molecule has 1 aromatic carbocycles. The predicted octanol–water partition coefficient (Wildman–Crippen LogP) is 3.13. The molecule has 0 saturated carbocycles. The van der Waals surface area contributed by atoms with Gasteiger partial charge in [-0.05, 0) is 36.4 Å². The second kappa shape index (κ2) is 7.40. The Balaban J connectivity index is 1.66. The first-order chi connectivity index (χ1) is 13.6. The molecule has 0 radical (unpaired) electrons. The van der Waals surface area contributed by atoms with E-state index in [1.54, 1.807) is 54.2 Å². The summed E-state index contributed by atoms with van der Waals surface area (Å²) < 4.78 is 6.86. The highest BCUT2D eigenvalue weighted by atomic mass is 16.3. The Morgan fingerprint density at radius 1 is 1.07 bits per heavy atom. The first-order valence-electron chi connectivity index (χ1n) is 8.76. The summed E-state index contributed by atoms with van der Waals surface area (Å²) in [6.07, 6.45) is 3.27. The van der Waals surface area contributed by atoms with Gasteiger partial charge >= 0.3 is 0 Å². The Kier molecular flexibility index (Phi) is 4.63. The number of aromatic nitrogens is 2. The molecule has 0 atom stereocenters. The molecule has 140 valence electrons. The molecule has 0 fully saturated rings. The summed E-state index contributed by atoms with van der Waals surface area (Å²) >= 11 is 0. The largest absolute Gasteiger partial charge is 0.467 e. The second-order valence-electron chi connectivity index (χ2n) is 6.20. The molecule has 7 heteroatoms. The SMILES string of the molecule is CN(C(=O)c1nc(C(=O)NCc2ccco2)c2ccccn12)c1ccccc1. The van der Waals surface area contributed by atoms with Crippen LogP contribution in [-0.2, 0) is 6.54 Å².